The number of fused-ring (bicyclic) bond motifs is 1. The van der Waals surface area contributed by atoms with Gasteiger partial charge in [-0.1, -0.05) is 6.07 Å². The van der Waals surface area contributed by atoms with Gasteiger partial charge in [0.2, 0.25) is 0 Å². The van der Waals surface area contributed by atoms with E-state index in [-0.39, 0.29) is 10.9 Å². The third-order valence-corrected chi connectivity index (χ3v) is 3.09. The fourth-order valence-corrected chi connectivity index (χ4v) is 2.21. The number of hydrogen-bond donors (Lipinski definition) is 4. The number of hydrogen-bond acceptors (Lipinski definition) is 4. The largest absolute Gasteiger partial charge is 0.478 e. The van der Waals surface area contributed by atoms with Gasteiger partial charge in [0.15, 0.2) is 0 Å². The lowest BCUT2D eigenvalue weighted by molar-refractivity contribution is 0.0652. The lowest BCUT2D eigenvalue weighted by atomic mass is 9.92. The lowest BCUT2D eigenvalue weighted by Crippen LogP contribution is -2.12. The maximum Gasteiger partial charge on any atom is 0.337 e. The number of carboxylic acid groups (broad SMARTS) is 4. The highest BCUT2D eigenvalue weighted by Gasteiger charge is 2.25. The van der Waals surface area contributed by atoms with Crippen LogP contribution in [0.4, 0.5) is 0 Å². The van der Waals surface area contributed by atoms with Gasteiger partial charge in [0.05, 0.1) is 22.3 Å². The molecule has 22 heavy (non-hydrogen) atoms. The standard InChI is InChI=1S/C14H8O8/c15-11(16)6-2-4-7(12(17)18)9-5(6)1-3-8(13(19)20)10(9)14(21)22/h1-4H,(H,15,16)(H,17,18)(H,19,20)(H,21,22). The maximum absolute atomic E-state index is 11.4. The van der Waals surface area contributed by atoms with Gasteiger partial charge in [-0.25, -0.2) is 19.2 Å². The van der Waals surface area contributed by atoms with E-state index in [4.69, 9.17) is 15.3 Å². The number of rotatable bonds is 4. The smallest absolute Gasteiger partial charge is 0.337 e. The van der Waals surface area contributed by atoms with Crippen molar-refractivity contribution in [2.45, 2.75) is 0 Å². The molecule has 0 saturated carbocycles. The predicted molar refractivity (Wildman–Crippen MR) is 71.8 cm³/mol. The summed E-state index contributed by atoms with van der Waals surface area (Å²) in [5, 5.41) is 36.0. The molecule has 0 heterocycles. The summed E-state index contributed by atoms with van der Waals surface area (Å²) in [5.74, 6) is -6.10. The first-order valence-corrected chi connectivity index (χ1v) is 5.78. The SMILES string of the molecule is O=C(O)c1ccc2c(C(=O)O)ccc(C(=O)O)c2c1C(=O)O. The molecule has 0 saturated heterocycles. The number of benzene rings is 2. The molecule has 2 aromatic carbocycles. The third-order valence-electron chi connectivity index (χ3n) is 3.09. The summed E-state index contributed by atoms with van der Waals surface area (Å²) in [6.45, 7) is 0. The molecule has 2 aromatic rings. The Morgan fingerprint density at radius 3 is 1.50 bits per heavy atom. The Bertz CT molecular complexity index is 850. The monoisotopic (exact) mass is 304 g/mol. The van der Waals surface area contributed by atoms with Crippen LogP contribution in [0.2, 0.25) is 0 Å². The minimum absolute atomic E-state index is 0.158. The number of carboxylic acids is 4. The van der Waals surface area contributed by atoms with E-state index in [9.17, 15) is 24.3 Å². The van der Waals surface area contributed by atoms with Crippen molar-refractivity contribution in [1.82, 2.24) is 0 Å². The molecule has 0 aliphatic carbocycles. The van der Waals surface area contributed by atoms with Crippen LogP contribution in [0.5, 0.6) is 0 Å². The normalized spacial score (nSPS) is 10.4. The summed E-state index contributed by atoms with van der Waals surface area (Å²) >= 11 is 0. The second-order valence-corrected chi connectivity index (χ2v) is 4.29. The van der Waals surface area contributed by atoms with E-state index in [2.05, 4.69) is 0 Å². The Morgan fingerprint density at radius 2 is 1.05 bits per heavy atom. The van der Waals surface area contributed by atoms with Gasteiger partial charge in [-0.2, -0.15) is 0 Å². The molecule has 4 N–H and O–H groups in total. The Morgan fingerprint density at radius 1 is 0.591 bits per heavy atom. The van der Waals surface area contributed by atoms with Crippen molar-refractivity contribution in [1.29, 1.82) is 0 Å². The molecule has 0 aromatic heterocycles. The van der Waals surface area contributed by atoms with E-state index in [0.717, 1.165) is 24.3 Å². The maximum atomic E-state index is 11.4. The molecule has 8 nitrogen and oxygen atoms in total. The Kier molecular flexibility index (Phi) is 3.52. The molecule has 112 valence electrons. The molecular formula is C14H8O8. The second-order valence-electron chi connectivity index (χ2n) is 4.29. The van der Waals surface area contributed by atoms with E-state index in [1.807, 2.05) is 0 Å². The topological polar surface area (TPSA) is 149 Å². The second kappa shape index (κ2) is 5.17. The zero-order valence-corrected chi connectivity index (χ0v) is 10.7. The van der Waals surface area contributed by atoms with Crippen molar-refractivity contribution in [3.05, 3.63) is 46.5 Å². The lowest BCUT2D eigenvalue weighted by Gasteiger charge is -2.11. The van der Waals surface area contributed by atoms with Crippen molar-refractivity contribution < 1.29 is 39.6 Å². The van der Waals surface area contributed by atoms with E-state index >= 15 is 0 Å². The van der Waals surface area contributed by atoms with Crippen LogP contribution in [-0.2, 0) is 0 Å². The molecule has 0 aliphatic heterocycles. The van der Waals surface area contributed by atoms with Crippen LogP contribution in [0.25, 0.3) is 10.8 Å². The van der Waals surface area contributed by atoms with Crippen LogP contribution in [0, 0.1) is 0 Å². The van der Waals surface area contributed by atoms with Crippen LogP contribution in [-0.4, -0.2) is 44.3 Å². The van der Waals surface area contributed by atoms with E-state index in [1.165, 1.54) is 0 Å². The van der Waals surface area contributed by atoms with E-state index < -0.39 is 46.0 Å². The average molecular weight is 304 g/mol. The van der Waals surface area contributed by atoms with Crippen molar-refractivity contribution in [2.75, 3.05) is 0 Å². The van der Waals surface area contributed by atoms with Crippen LogP contribution in [0.1, 0.15) is 41.4 Å². The zero-order valence-electron chi connectivity index (χ0n) is 10.7. The highest BCUT2D eigenvalue weighted by molar-refractivity contribution is 6.20. The molecule has 0 spiro atoms. The van der Waals surface area contributed by atoms with Crippen LogP contribution < -0.4 is 0 Å². The zero-order chi connectivity index (χ0) is 16.6. The number of carbonyl (C=O) groups is 4. The van der Waals surface area contributed by atoms with Gasteiger partial charge in [-0.05, 0) is 23.6 Å². The van der Waals surface area contributed by atoms with Crippen molar-refractivity contribution in [3.63, 3.8) is 0 Å². The molecule has 0 amide bonds. The minimum atomic E-state index is -1.66. The van der Waals surface area contributed by atoms with Crippen molar-refractivity contribution in [2.24, 2.45) is 0 Å². The fourth-order valence-electron chi connectivity index (χ4n) is 2.21. The predicted octanol–water partition coefficient (Wildman–Crippen LogP) is 1.63. The fraction of sp³-hybridized carbons (Fsp3) is 0. The molecule has 0 aliphatic rings. The molecule has 0 atom stereocenters. The van der Waals surface area contributed by atoms with E-state index in [0.29, 0.717) is 0 Å². The summed E-state index contributed by atoms with van der Waals surface area (Å²) in [4.78, 5) is 45.0. The molecule has 0 bridgehead atoms. The first-order valence-electron chi connectivity index (χ1n) is 5.78. The van der Waals surface area contributed by atoms with Gasteiger partial charge < -0.3 is 20.4 Å². The van der Waals surface area contributed by atoms with Crippen LogP contribution >= 0.6 is 0 Å². The van der Waals surface area contributed by atoms with Gasteiger partial charge in [-0.15, -0.1) is 0 Å². The quantitative estimate of drug-likeness (QED) is 0.665. The summed E-state index contributed by atoms with van der Waals surface area (Å²) in [6, 6.07) is 3.99. The average Bonchev–Trinajstić information content (AvgIpc) is 2.43. The summed E-state index contributed by atoms with van der Waals surface area (Å²) < 4.78 is 0. The Labute approximate surface area is 121 Å². The van der Waals surface area contributed by atoms with Gasteiger partial charge >= 0.3 is 23.9 Å². The Balaban J connectivity index is 3.13. The minimum Gasteiger partial charge on any atom is -0.478 e. The number of aromatic carboxylic acids is 4. The molecule has 0 radical (unpaired) electrons. The third kappa shape index (κ3) is 2.22. The molecule has 0 fully saturated rings. The molecule has 8 heteroatoms. The first kappa shape index (κ1) is 15.0. The summed E-state index contributed by atoms with van der Waals surface area (Å²) in [7, 11) is 0. The van der Waals surface area contributed by atoms with Gasteiger partial charge in [0, 0.05) is 5.39 Å². The highest BCUT2D eigenvalue weighted by Crippen LogP contribution is 2.29. The summed E-state index contributed by atoms with van der Waals surface area (Å²) in [5.41, 5.74) is -2.18. The van der Waals surface area contributed by atoms with Gasteiger partial charge in [0.1, 0.15) is 0 Å². The molecule has 2 rings (SSSR count). The Hall–Kier alpha value is -3.42. The van der Waals surface area contributed by atoms with Gasteiger partial charge in [0.25, 0.3) is 0 Å². The van der Waals surface area contributed by atoms with Crippen molar-refractivity contribution in [3.8, 4) is 0 Å². The van der Waals surface area contributed by atoms with E-state index in [1.54, 1.807) is 0 Å². The van der Waals surface area contributed by atoms with Crippen LogP contribution in [0.15, 0.2) is 24.3 Å². The molecule has 0 unspecified atom stereocenters. The van der Waals surface area contributed by atoms with Gasteiger partial charge in [-0.3, -0.25) is 0 Å². The summed E-state index contributed by atoms with van der Waals surface area (Å²) in [6.07, 6.45) is 0. The highest BCUT2D eigenvalue weighted by atomic mass is 16.4. The van der Waals surface area contributed by atoms with Crippen molar-refractivity contribution >= 4 is 34.6 Å². The molecular weight excluding hydrogens is 296 g/mol. The van der Waals surface area contributed by atoms with Crippen LogP contribution in [0.3, 0.4) is 0 Å². The first-order chi connectivity index (χ1) is 10.3.